The average Bonchev–Trinajstić information content (AvgIpc) is 2.49. The van der Waals surface area contributed by atoms with Gasteiger partial charge in [0.05, 0.1) is 0 Å². The van der Waals surface area contributed by atoms with Crippen LogP contribution in [0.3, 0.4) is 0 Å². The Bertz CT molecular complexity index is 137. The molecule has 76 valence electrons. The molecule has 1 aliphatic carbocycles. The zero-order valence-corrected chi connectivity index (χ0v) is 20.0. The zero-order chi connectivity index (χ0) is 8.93. The van der Waals surface area contributed by atoms with Gasteiger partial charge in [-0.2, -0.15) is 0 Å². The SMILES string of the molecule is C1CCC([SiH2][SiH]2[SiH2][SiH2][SiH2][SiH2][SiH2][SiH2]2)C1. The molecule has 0 N–H and O–H groups in total. The zero-order valence-electron chi connectivity index (χ0n) is 8.93. The lowest BCUT2D eigenvalue weighted by Crippen LogP contribution is -2.42. The number of rotatable bonds is 2. The Kier molecular flexibility index (Phi) is 5.48. The Balaban J connectivity index is 1.71. The van der Waals surface area contributed by atoms with E-state index in [1.54, 1.807) is 25.7 Å². The van der Waals surface area contributed by atoms with Crippen LogP contribution in [-0.2, 0) is 0 Å². The van der Waals surface area contributed by atoms with Crippen LogP contribution in [0.2, 0.25) is 5.54 Å². The van der Waals surface area contributed by atoms with Gasteiger partial charge in [0.2, 0.25) is 0 Å². The maximum absolute atomic E-state index is 1.75. The molecule has 1 heterocycles. The fourth-order valence-electron chi connectivity index (χ4n) is 3.32. The molecule has 0 amide bonds. The van der Waals surface area contributed by atoms with Crippen LogP contribution >= 0.6 is 0 Å². The summed E-state index contributed by atoms with van der Waals surface area (Å²) in [6.45, 7) is 0. The van der Waals surface area contributed by atoms with E-state index >= 15 is 0 Å². The van der Waals surface area contributed by atoms with E-state index in [1.165, 1.54) is 5.54 Å². The van der Waals surface area contributed by atoms with Crippen molar-refractivity contribution in [3.63, 3.8) is 0 Å². The second kappa shape index (κ2) is 6.35. The lowest BCUT2D eigenvalue weighted by Gasteiger charge is -2.15. The van der Waals surface area contributed by atoms with Crippen molar-refractivity contribution < 1.29 is 0 Å². The van der Waals surface area contributed by atoms with Crippen LogP contribution < -0.4 is 0 Å². The minimum Gasteiger partial charge on any atom is -0.0542 e. The second-order valence-corrected chi connectivity index (χ2v) is 82.6. The van der Waals surface area contributed by atoms with Gasteiger partial charge < -0.3 is 0 Å². The molecule has 1 aliphatic heterocycles. The smallest absolute Gasteiger partial charge is 0.00896 e. The Morgan fingerprint density at radius 1 is 0.923 bits per heavy atom. The van der Waals surface area contributed by atoms with E-state index in [-0.39, 0.29) is 0 Å². The fraction of sp³-hybridized carbons (Fsp3) is 1.00. The standard InChI is InChI=1S/C5H24Si8/c1-2-4-5(3-1)6-13-11-9-7-8-10-12-13/h5,13H,1-4,6-12H2. The molecule has 0 nitrogen and oxygen atoms in total. The van der Waals surface area contributed by atoms with Crippen molar-refractivity contribution >= 4 is 67.7 Å². The largest absolute Gasteiger partial charge is 0.0542 e. The first kappa shape index (κ1) is 11.2. The summed E-state index contributed by atoms with van der Waals surface area (Å²) in [7, 11) is 6.45. The van der Waals surface area contributed by atoms with Gasteiger partial charge in [0.1, 0.15) is 0 Å². The summed E-state index contributed by atoms with van der Waals surface area (Å²) in [5.41, 5.74) is 1.47. The molecule has 0 radical (unpaired) electrons. The molecule has 0 unspecified atom stereocenters. The van der Waals surface area contributed by atoms with Crippen LogP contribution in [-0.4, -0.2) is 67.7 Å². The molecule has 13 heavy (non-hydrogen) atoms. The average molecular weight is 309 g/mol. The Morgan fingerprint density at radius 2 is 1.54 bits per heavy atom. The van der Waals surface area contributed by atoms with Crippen LogP contribution in [0.25, 0.3) is 0 Å². The van der Waals surface area contributed by atoms with E-state index in [9.17, 15) is 0 Å². The third kappa shape index (κ3) is 4.00. The maximum Gasteiger partial charge on any atom is 0.00896 e. The van der Waals surface area contributed by atoms with Crippen LogP contribution in [0.15, 0.2) is 0 Å². The monoisotopic (exact) mass is 308 g/mol. The van der Waals surface area contributed by atoms with Gasteiger partial charge in [-0.1, -0.05) is 31.2 Å². The molecule has 1 saturated carbocycles. The van der Waals surface area contributed by atoms with Gasteiger partial charge >= 0.3 is 0 Å². The molecule has 0 bridgehead atoms. The van der Waals surface area contributed by atoms with E-state index in [0.29, 0.717) is 16.4 Å². The third-order valence-electron chi connectivity index (χ3n) is 4.12. The molecule has 0 spiro atoms. The first-order valence-electron chi connectivity index (χ1n) is 6.45. The highest BCUT2D eigenvalue weighted by Crippen LogP contribution is 2.29. The summed E-state index contributed by atoms with van der Waals surface area (Å²) in [6.07, 6.45) is 6.80. The van der Waals surface area contributed by atoms with Crippen molar-refractivity contribution in [3.05, 3.63) is 0 Å². The molecule has 2 aliphatic rings. The predicted molar refractivity (Wildman–Crippen MR) is 89.2 cm³/mol. The van der Waals surface area contributed by atoms with E-state index < -0.39 is 0 Å². The summed E-state index contributed by atoms with van der Waals surface area (Å²) in [5.74, 6) is 0. The van der Waals surface area contributed by atoms with E-state index in [0.717, 1.165) is 51.3 Å². The number of hydrogen-bond acceptors (Lipinski definition) is 0. The van der Waals surface area contributed by atoms with Crippen LogP contribution in [0.5, 0.6) is 0 Å². The minimum absolute atomic E-state index is 0.385. The lowest BCUT2D eigenvalue weighted by molar-refractivity contribution is 0.876. The van der Waals surface area contributed by atoms with Gasteiger partial charge in [-0.15, -0.1) is 0 Å². The molecule has 8 heteroatoms. The summed E-state index contributed by atoms with van der Waals surface area (Å²) in [4.78, 5) is 0. The summed E-state index contributed by atoms with van der Waals surface area (Å²) in [5, 5.41) is 0. The highest BCUT2D eigenvalue weighted by molar-refractivity contribution is 7.86. The van der Waals surface area contributed by atoms with Gasteiger partial charge in [0.25, 0.3) is 0 Å². The molecular weight excluding hydrogens is 285 g/mol. The maximum atomic E-state index is 1.75. The molecule has 0 aromatic heterocycles. The molecule has 0 atom stereocenters. The quantitative estimate of drug-likeness (QED) is 0.448. The fourth-order valence-corrected chi connectivity index (χ4v) is 367. The predicted octanol–water partition coefficient (Wildman–Crippen LogP) is -5.16. The second-order valence-electron chi connectivity index (χ2n) is 5.24. The highest BCUT2D eigenvalue weighted by Gasteiger charge is 2.22. The van der Waals surface area contributed by atoms with Crippen molar-refractivity contribution in [1.29, 1.82) is 0 Å². The van der Waals surface area contributed by atoms with Crippen LogP contribution in [0.4, 0.5) is 0 Å². The van der Waals surface area contributed by atoms with Gasteiger partial charge in [-0.3, -0.25) is 0 Å². The molecule has 0 aromatic carbocycles. The topological polar surface area (TPSA) is 0 Å². The third-order valence-corrected chi connectivity index (χ3v) is 174. The molecule has 0 aromatic rings. The van der Waals surface area contributed by atoms with Crippen molar-refractivity contribution in [2.24, 2.45) is 0 Å². The molecular formula is C5H24Si8. The molecule has 2 rings (SSSR count). The summed E-state index contributed by atoms with van der Waals surface area (Å²) >= 11 is 0. The first-order valence-corrected chi connectivity index (χ1v) is 37.1. The van der Waals surface area contributed by atoms with Gasteiger partial charge in [0, 0.05) is 9.04 Å². The van der Waals surface area contributed by atoms with Gasteiger partial charge in [0.15, 0.2) is 0 Å². The lowest BCUT2D eigenvalue weighted by atomic mass is 10.4. The van der Waals surface area contributed by atoms with Crippen LogP contribution in [0.1, 0.15) is 25.7 Å². The van der Waals surface area contributed by atoms with Crippen molar-refractivity contribution in [3.8, 4) is 0 Å². The van der Waals surface area contributed by atoms with E-state index in [4.69, 9.17) is 0 Å². The Hall–Kier alpha value is 1.74. The van der Waals surface area contributed by atoms with Crippen molar-refractivity contribution in [2.75, 3.05) is 0 Å². The minimum atomic E-state index is 0.385. The van der Waals surface area contributed by atoms with Crippen molar-refractivity contribution in [1.82, 2.24) is 0 Å². The van der Waals surface area contributed by atoms with E-state index in [1.807, 2.05) is 0 Å². The normalized spacial score (nSPS) is 43.8. The first-order chi connectivity index (χ1) is 6.45. The highest BCUT2D eigenvalue weighted by atomic mass is 30.2. The Morgan fingerprint density at radius 3 is 2.15 bits per heavy atom. The van der Waals surface area contributed by atoms with Crippen molar-refractivity contribution in [2.45, 2.75) is 31.2 Å². The summed E-state index contributed by atoms with van der Waals surface area (Å²) in [6, 6.07) is 0. The van der Waals surface area contributed by atoms with E-state index in [2.05, 4.69) is 0 Å². The summed E-state index contributed by atoms with van der Waals surface area (Å²) < 4.78 is 0. The molecule has 1 saturated heterocycles. The van der Waals surface area contributed by atoms with Gasteiger partial charge in [-0.05, 0) is 58.7 Å². The molecule has 2 fully saturated rings. The van der Waals surface area contributed by atoms with Gasteiger partial charge in [-0.25, -0.2) is 0 Å². The Labute approximate surface area is 98.5 Å². The van der Waals surface area contributed by atoms with Crippen LogP contribution in [0, 0.1) is 0 Å². The number of hydrogen-bond donors (Lipinski definition) is 0.